The van der Waals surface area contributed by atoms with Gasteiger partial charge in [0.1, 0.15) is 5.82 Å². The Morgan fingerprint density at radius 3 is 2.63 bits per heavy atom. The Hall–Kier alpha value is -2.70. The SMILES string of the molecule is Cc1ccc(Cl)c(C)c1Nc1cc(-c2ccccn2)nc(N[C@H](C)CO)n1. The molecule has 0 radical (unpaired) electrons. The summed E-state index contributed by atoms with van der Waals surface area (Å²) in [5, 5.41) is 16.5. The van der Waals surface area contributed by atoms with E-state index in [0.717, 1.165) is 22.5 Å². The third-order valence-electron chi connectivity index (χ3n) is 4.16. The molecule has 2 aromatic heterocycles. The molecular formula is C20H22ClN5O. The number of halogens is 1. The third-order valence-corrected chi connectivity index (χ3v) is 4.57. The molecule has 1 atom stereocenters. The molecule has 7 heteroatoms. The topological polar surface area (TPSA) is 83.0 Å². The van der Waals surface area contributed by atoms with Crippen LogP contribution in [-0.2, 0) is 0 Å². The predicted molar refractivity (Wildman–Crippen MR) is 110 cm³/mol. The summed E-state index contributed by atoms with van der Waals surface area (Å²) in [5.74, 6) is 1.03. The highest BCUT2D eigenvalue weighted by Crippen LogP contribution is 2.30. The molecule has 1 aromatic carbocycles. The molecule has 3 rings (SSSR count). The van der Waals surface area contributed by atoms with Gasteiger partial charge in [-0.1, -0.05) is 23.7 Å². The molecule has 0 amide bonds. The number of anilines is 3. The van der Waals surface area contributed by atoms with Crippen LogP contribution < -0.4 is 10.6 Å². The van der Waals surface area contributed by atoms with E-state index in [1.165, 1.54) is 0 Å². The number of benzene rings is 1. The molecule has 3 N–H and O–H groups in total. The summed E-state index contributed by atoms with van der Waals surface area (Å²) in [6.45, 7) is 5.81. The Morgan fingerprint density at radius 2 is 1.93 bits per heavy atom. The van der Waals surface area contributed by atoms with Gasteiger partial charge in [0.25, 0.3) is 0 Å². The van der Waals surface area contributed by atoms with Crippen LogP contribution in [0.5, 0.6) is 0 Å². The number of aliphatic hydroxyl groups is 1. The van der Waals surface area contributed by atoms with Crippen LogP contribution in [0, 0.1) is 13.8 Å². The van der Waals surface area contributed by atoms with Gasteiger partial charge in [-0.2, -0.15) is 4.98 Å². The van der Waals surface area contributed by atoms with Crippen molar-refractivity contribution in [1.82, 2.24) is 15.0 Å². The van der Waals surface area contributed by atoms with Crippen molar-refractivity contribution in [2.24, 2.45) is 0 Å². The minimum absolute atomic E-state index is 0.0214. The maximum atomic E-state index is 9.33. The van der Waals surface area contributed by atoms with Gasteiger partial charge in [0.15, 0.2) is 0 Å². The summed E-state index contributed by atoms with van der Waals surface area (Å²) in [6.07, 6.45) is 1.72. The second kappa shape index (κ2) is 8.33. The summed E-state index contributed by atoms with van der Waals surface area (Å²) >= 11 is 6.28. The minimum atomic E-state index is -0.175. The molecule has 3 aromatic rings. The number of aliphatic hydroxyl groups excluding tert-OH is 1. The number of hydrogen-bond acceptors (Lipinski definition) is 6. The number of pyridine rings is 1. The Labute approximate surface area is 163 Å². The first-order valence-corrected chi connectivity index (χ1v) is 9.06. The second-order valence-corrected chi connectivity index (χ2v) is 6.80. The highest BCUT2D eigenvalue weighted by Gasteiger charge is 2.12. The van der Waals surface area contributed by atoms with Gasteiger partial charge in [0.05, 0.1) is 18.0 Å². The van der Waals surface area contributed by atoms with Gasteiger partial charge in [-0.3, -0.25) is 4.98 Å². The molecule has 0 aliphatic heterocycles. The Balaban J connectivity index is 2.04. The van der Waals surface area contributed by atoms with E-state index in [9.17, 15) is 5.11 Å². The van der Waals surface area contributed by atoms with Crippen LogP contribution in [0.1, 0.15) is 18.1 Å². The van der Waals surface area contributed by atoms with Crippen LogP contribution in [0.25, 0.3) is 11.4 Å². The van der Waals surface area contributed by atoms with Gasteiger partial charge in [0, 0.05) is 29.0 Å². The molecule has 0 saturated carbocycles. The number of aromatic nitrogens is 3. The lowest BCUT2D eigenvalue weighted by atomic mass is 10.1. The van der Waals surface area contributed by atoms with Crippen molar-refractivity contribution in [3.8, 4) is 11.4 Å². The molecule has 0 aliphatic carbocycles. The monoisotopic (exact) mass is 383 g/mol. The first kappa shape index (κ1) is 19.1. The molecule has 0 fully saturated rings. The van der Waals surface area contributed by atoms with Crippen LogP contribution >= 0.6 is 11.6 Å². The number of rotatable bonds is 6. The molecule has 0 unspecified atom stereocenters. The van der Waals surface area contributed by atoms with Crippen molar-refractivity contribution in [2.45, 2.75) is 26.8 Å². The third kappa shape index (κ3) is 4.53. The summed E-state index contributed by atoms with van der Waals surface area (Å²) in [7, 11) is 0. The van der Waals surface area contributed by atoms with E-state index in [0.29, 0.717) is 22.5 Å². The number of nitrogens with one attached hydrogen (secondary N) is 2. The summed E-state index contributed by atoms with van der Waals surface area (Å²) < 4.78 is 0. The first-order chi connectivity index (χ1) is 13.0. The van der Waals surface area contributed by atoms with Gasteiger partial charge in [0.2, 0.25) is 5.95 Å². The lowest BCUT2D eigenvalue weighted by Gasteiger charge is -2.16. The predicted octanol–water partition coefficient (Wildman–Crippen LogP) is 4.35. The molecule has 0 spiro atoms. The largest absolute Gasteiger partial charge is 0.394 e. The molecule has 2 heterocycles. The van der Waals surface area contributed by atoms with Gasteiger partial charge in [-0.25, -0.2) is 4.98 Å². The van der Waals surface area contributed by atoms with Gasteiger partial charge < -0.3 is 15.7 Å². The zero-order chi connectivity index (χ0) is 19.4. The normalized spacial score (nSPS) is 11.9. The van der Waals surface area contributed by atoms with E-state index in [-0.39, 0.29) is 12.6 Å². The number of nitrogens with zero attached hydrogens (tertiary/aromatic N) is 3. The Bertz CT molecular complexity index is 933. The van der Waals surface area contributed by atoms with E-state index >= 15 is 0 Å². The molecular weight excluding hydrogens is 362 g/mol. The van der Waals surface area contributed by atoms with E-state index in [1.54, 1.807) is 6.20 Å². The number of hydrogen-bond donors (Lipinski definition) is 3. The Kier molecular flexibility index (Phi) is 5.88. The van der Waals surface area contributed by atoms with Crippen molar-refractivity contribution in [1.29, 1.82) is 0 Å². The fourth-order valence-corrected chi connectivity index (χ4v) is 2.79. The van der Waals surface area contributed by atoms with Crippen LogP contribution in [0.3, 0.4) is 0 Å². The van der Waals surface area contributed by atoms with Gasteiger partial charge >= 0.3 is 0 Å². The molecule has 0 aliphatic rings. The minimum Gasteiger partial charge on any atom is -0.394 e. The summed E-state index contributed by atoms with van der Waals surface area (Å²) in [4.78, 5) is 13.4. The number of aryl methyl sites for hydroxylation is 1. The molecule has 0 saturated heterocycles. The fourth-order valence-electron chi connectivity index (χ4n) is 2.63. The molecule has 0 bridgehead atoms. The fraction of sp³-hybridized carbons (Fsp3) is 0.250. The maximum absolute atomic E-state index is 9.33. The van der Waals surface area contributed by atoms with Crippen molar-refractivity contribution in [3.05, 3.63) is 58.7 Å². The summed E-state index contributed by atoms with van der Waals surface area (Å²) in [5.41, 5.74) is 4.34. The summed E-state index contributed by atoms with van der Waals surface area (Å²) in [6, 6.07) is 11.2. The average molecular weight is 384 g/mol. The zero-order valence-corrected chi connectivity index (χ0v) is 16.2. The standard InChI is InChI=1S/C20H22ClN5O/c1-12-7-8-15(21)14(3)19(12)25-18-10-17(16-6-4-5-9-22-16)24-20(26-18)23-13(2)11-27/h4-10,13,27H,11H2,1-3H3,(H2,23,24,25,26)/t13-/m1/s1. The lowest BCUT2D eigenvalue weighted by molar-refractivity contribution is 0.281. The quantitative estimate of drug-likeness (QED) is 0.587. The van der Waals surface area contributed by atoms with Crippen molar-refractivity contribution in [3.63, 3.8) is 0 Å². The van der Waals surface area contributed by atoms with Crippen LogP contribution in [0.15, 0.2) is 42.6 Å². The van der Waals surface area contributed by atoms with Crippen LogP contribution in [0.4, 0.5) is 17.5 Å². The second-order valence-electron chi connectivity index (χ2n) is 6.39. The van der Waals surface area contributed by atoms with Gasteiger partial charge in [-0.15, -0.1) is 0 Å². The van der Waals surface area contributed by atoms with Gasteiger partial charge in [-0.05, 0) is 50.1 Å². The zero-order valence-electron chi connectivity index (χ0n) is 15.5. The van der Waals surface area contributed by atoms with E-state index < -0.39 is 0 Å². The average Bonchev–Trinajstić information content (AvgIpc) is 2.68. The first-order valence-electron chi connectivity index (χ1n) is 8.68. The van der Waals surface area contributed by atoms with Crippen molar-refractivity contribution in [2.75, 3.05) is 17.2 Å². The molecule has 6 nitrogen and oxygen atoms in total. The smallest absolute Gasteiger partial charge is 0.225 e. The van der Waals surface area contributed by atoms with Crippen LogP contribution in [-0.4, -0.2) is 32.7 Å². The van der Waals surface area contributed by atoms with E-state index in [2.05, 4.69) is 25.6 Å². The van der Waals surface area contributed by atoms with Crippen molar-refractivity contribution < 1.29 is 5.11 Å². The highest BCUT2D eigenvalue weighted by atomic mass is 35.5. The maximum Gasteiger partial charge on any atom is 0.225 e. The van der Waals surface area contributed by atoms with E-state index in [4.69, 9.17) is 11.6 Å². The highest BCUT2D eigenvalue weighted by molar-refractivity contribution is 6.31. The molecule has 27 heavy (non-hydrogen) atoms. The molecule has 140 valence electrons. The van der Waals surface area contributed by atoms with Crippen LogP contribution in [0.2, 0.25) is 5.02 Å². The van der Waals surface area contributed by atoms with E-state index in [1.807, 2.05) is 57.2 Å². The Morgan fingerprint density at radius 1 is 1.11 bits per heavy atom. The lowest BCUT2D eigenvalue weighted by Crippen LogP contribution is -2.21. The van der Waals surface area contributed by atoms with Crippen molar-refractivity contribution >= 4 is 29.1 Å².